The molecule has 0 saturated heterocycles. The van der Waals surface area contributed by atoms with Crippen LogP contribution in [0.2, 0.25) is 0 Å². The van der Waals surface area contributed by atoms with Gasteiger partial charge in [0.15, 0.2) is 5.69 Å². The smallest absolute Gasteiger partial charge is 0.187 e. The van der Waals surface area contributed by atoms with Gasteiger partial charge in [-0.3, -0.25) is 0 Å². The zero-order chi connectivity index (χ0) is 17.8. The number of benzene rings is 2. The Kier molecular flexibility index (Phi) is 5.97. The molecular formula is C23H26BrN. The first-order valence-electron chi connectivity index (χ1n) is 9.37. The molecule has 0 bridgehead atoms. The molecule has 0 unspecified atom stereocenters. The Morgan fingerprint density at radius 1 is 0.880 bits per heavy atom. The molecule has 0 saturated carbocycles. The first-order chi connectivity index (χ1) is 12.1. The minimum atomic E-state index is 0.644. The summed E-state index contributed by atoms with van der Waals surface area (Å²) in [4.78, 5) is 3.46. The SMILES string of the molecule is C[C@H]1CCCc2ccc(Br)cc21.[C-]#[N+]c1ccc2c(c1)[C@@H](C)CCC2. The Balaban J connectivity index is 0.000000146. The van der Waals surface area contributed by atoms with Crippen LogP contribution < -0.4 is 0 Å². The summed E-state index contributed by atoms with van der Waals surface area (Å²) in [6, 6.07) is 12.8. The van der Waals surface area contributed by atoms with Crippen molar-refractivity contribution < 1.29 is 0 Å². The first-order valence-corrected chi connectivity index (χ1v) is 10.2. The molecule has 0 radical (unpaired) electrons. The highest BCUT2D eigenvalue weighted by molar-refractivity contribution is 9.10. The van der Waals surface area contributed by atoms with Gasteiger partial charge in [0, 0.05) is 4.47 Å². The first kappa shape index (κ1) is 18.2. The molecule has 0 fully saturated rings. The van der Waals surface area contributed by atoms with Crippen LogP contribution in [0.3, 0.4) is 0 Å². The Morgan fingerprint density at radius 2 is 1.44 bits per heavy atom. The van der Waals surface area contributed by atoms with Crippen LogP contribution in [0.5, 0.6) is 0 Å². The predicted molar refractivity (Wildman–Crippen MR) is 110 cm³/mol. The van der Waals surface area contributed by atoms with Crippen molar-refractivity contribution >= 4 is 21.6 Å². The molecule has 2 aliphatic rings. The fourth-order valence-corrected chi connectivity index (χ4v) is 4.48. The second-order valence-electron chi connectivity index (χ2n) is 7.42. The molecule has 4 rings (SSSR count). The van der Waals surface area contributed by atoms with E-state index in [9.17, 15) is 0 Å². The van der Waals surface area contributed by atoms with Crippen molar-refractivity contribution in [1.29, 1.82) is 0 Å². The highest BCUT2D eigenvalue weighted by Gasteiger charge is 2.16. The number of fused-ring (bicyclic) bond motifs is 2. The van der Waals surface area contributed by atoms with Gasteiger partial charge in [0.05, 0.1) is 6.57 Å². The van der Waals surface area contributed by atoms with Gasteiger partial charge in [-0.2, -0.15) is 0 Å². The van der Waals surface area contributed by atoms with Gasteiger partial charge in [-0.05, 0) is 79.2 Å². The van der Waals surface area contributed by atoms with Crippen molar-refractivity contribution in [3.63, 3.8) is 0 Å². The van der Waals surface area contributed by atoms with Gasteiger partial charge in [0.25, 0.3) is 0 Å². The van der Waals surface area contributed by atoms with Gasteiger partial charge in [0.1, 0.15) is 0 Å². The largest absolute Gasteiger partial charge is 0.238 e. The van der Waals surface area contributed by atoms with E-state index in [4.69, 9.17) is 6.57 Å². The second kappa shape index (κ2) is 8.19. The van der Waals surface area contributed by atoms with Crippen LogP contribution in [-0.4, -0.2) is 0 Å². The van der Waals surface area contributed by atoms with Crippen molar-refractivity contribution in [3.8, 4) is 0 Å². The van der Waals surface area contributed by atoms with E-state index < -0.39 is 0 Å². The number of rotatable bonds is 0. The molecule has 0 aromatic heterocycles. The Morgan fingerprint density at radius 3 is 2.04 bits per heavy atom. The Labute approximate surface area is 160 Å². The van der Waals surface area contributed by atoms with E-state index in [-0.39, 0.29) is 0 Å². The molecule has 2 aromatic carbocycles. The highest BCUT2D eigenvalue weighted by atomic mass is 79.9. The standard InChI is InChI=1S/C12H13N.C11H13Br/c1-9-4-3-5-10-6-7-11(13-2)8-12(9)10;1-8-3-2-4-9-5-6-10(12)7-11(8)9/h6-9H,3-5H2,1H3;5-8H,2-4H2,1H3/t9-;8-/m00/s1. The molecule has 0 N–H and O–H groups in total. The monoisotopic (exact) mass is 395 g/mol. The van der Waals surface area contributed by atoms with Crippen LogP contribution in [0.15, 0.2) is 40.9 Å². The summed E-state index contributed by atoms with van der Waals surface area (Å²) >= 11 is 3.52. The van der Waals surface area contributed by atoms with E-state index in [0.717, 1.165) is 11.6 Å². The third kappa shape index (κ3) is 4.33. The van der Waals surface area contributed by atoms with Crippen molar-refractivity contribution in [3.05, 3.63) is 74.5 Å². The molecule has 1 nitrogen and oxygen atoms in total. The summed E-state index contributed by atoms with van der Waals surface area (Å²) in [5.41, 5.74) is 6.74. The topological polar surface area (TPSA) is 4.36 Å². The molecule has 130 valence electrons. The zero-order valence-electron chi connectivity index (χ0n) is 15.2. The maximum Gasteiger partial charge on any atom is 0.187 e. The fourth-order valence-electron chi connectivity index (χ4n) is 4.10. The quantitative estimate of drug-likeness (QED) is 0.405. The number of hydrogen-bond acceptors (Lipinski definition) is 0. The highest BCUT2D eigenvalue weighted by Crippen LogP contribution is 2.34. The van der Waals surface area contributed by atoms with Crippen molar-refractivity contribution in [1.82, 2.24) is 0 Å². The summed E-state index contributed by atoms with van der Waals surface area (Å²) in [5.74, 6) is 1.40. The van der Waals surface area contributed by atoms with E-state index in [1.165, 1.54) is 54.1 Å². The fraction of sp³-hybridized carbons (Fsp3) is 0.435. The summed E-state index contributed by atoms with van der Waals surface area (Å²) in [5, 5.41) is 0. The third-order valence-electron chi connectivity index (χ3n) is 5.59. The Hall–Kier alpha value is -1.59. The van der Waals surface area contributed by atoms with Gasteiger partial charge in [-0.25, -0.2) is 4.85 Å². The van der Waals surface area contributed by atoms with Crippen LogP contribution in [0.1, 0.15) is 73.6 Å². The van der Waals surface area contributed by atoms with Gasteiger partial charge >= 0.3 is 0 Å². The number of halogens is 1. The molecule has 2 heteroatoms. The molecule has 25 heavy (non-hydrogen) atoms. The van der Waals surface area contributed by atoms with E-state index in [1.807, 2.05) is 6.07 Å². The zero-order valence-corrected chi connectivity index (χ0v) is 16.8. The maximum atomic E-state index is 6.95. The van der Waals surface area contributed by atoms with E-state index in [0.29, 0.717) is 5.92 Å². The lowest BCUT2D eigenvalue weighted by Gasteiger charge is -2.22. The number of nitrogens with zero attached hydrogens (tertiary/aromatic N) is 1. The molecule has 0 amide bonds. The van der Waals surface area contributed by atoms with Crippen molar-refractivity contribution in [2.75, 3.05) is 0 Å². The van der Waals surface area contributed by atoms with E-state index in [1.54, 1.807) is 11.1 Å². The molecule has 0 spiro atoms. The van der Waals surface area contributed by atoms with Gasteiger partial charge in [-0.1, -0.05) is 59.6 Å². The number of aryl methyl sites for hydroxylation is 2. The molecule has 0 heterocycles. The van der Waals surface area contributed by atoms with Crippen molar-refractivity contribution in [2.24, 2.45) is 0 Å². The van der Waals surface area contributed by atoms with Gasteiger partial charge in [0.2, 0.25) is 0 Å². The molecule has 0 aliphatic heterocycles. The van der Waals surface area contributed by atoms with E-state index >= 15 is 0 Å². The normalized spacial score (nSPS) is 21.2. The molecule has 2 aliphatic carbocycles. The predicted octanol–water partition coefficient (Wildman–Crippen LogP) is 7.57. The minimum absolute atomic E-state index is 0.644. The van der Waals surface area contributed by atoms with Gasteiger partial charge in [-0.15, -0.1) is 0 Å². The Bertz CT molecular complexity index is 787. The number of hydrogen-bond donors (Lipinski definition) is 0. The van der Waals surface area contributed by atoms with Crippen LogP contribution in [0.25, 0.3) is 4.85 Å². The van der Waals surface area contributed by atoms with Crippen molar-refractivity contribution in [2.45, 2.75) is 64.2 Å². The molecule has 2 aromatic rings. The minimum Gasteiger partial charge on any atom is -0.238 e. The summed E-state index contributed by atoms with van der Waals surface area (Å²) in [6.07, 6.45) is 7.74. The average molecular weight is 396 g/mol. The van der Waals surface area contributed by atoms with Crippen LogP contribution in [-0.2, 0) is 12.8 Å². The summed E-state index contributed by atoms with van der Waals surface area (Å²) < 4.78 is 1.22. The van der Waals surface area contributed by atoms with Crippen LogP contribution in [0, 0.1) is 6.57 Å². The summed E-state index contributed by atoms with van der Waals surface area (Å²) in [6.45, 7) is 11.5. The maximum absolute atomic E-state index is 6.95. The lowest BCUT2D eigenvalue weighted by Crippen LogP contribution is -2.06. The van der Waals surface area contributed by atoms with E-state index in [2.05, 4.69) is 65.0 Å². The average Bonchev–Trinajstić information content (AvgIpc) is 2.63. The van der Waals surface area contributed by atoms with Crippen LogP contribution in [0.4, 0.5) is 5.69 Å². The summed E-state index contributed by atoms with van der Waals surface area (Å²) in [7, 11) is 0. The third-order valence-corrected chi connectivity index (χ3v) is 6.09. The van der Waals surface area contributed by atoms with Crippen LogP contribution >= 0.6 is 15.9 Å². The lowest BCUT2D eigenvalue weighted by molar-refractivity contribution is 0.590. The second-order valence-corrected chi connectivity index (χ2v) is 8.34. The van der Waals surface area contributed by atoms with Gasteiger partial charge < -0.3 is 0 Å². The molecular weight excluding hydrogens is 370 g/mol. The lowest BCUT2D eigenvalue weighted by atomic mass is 9.84. The molecule has 2 atom stereocenters.